The zero-order chi connectivity index (χ0) is 30.2. The van der Waals surface area contributed by atoms with E-state index in [0.717, 1.165) is 32.7 Å². The highest BCUT2D eigenvalue weighted by Gasteiger charge is 2.34. The molecule has 0 bridgehead atoms. The molecule has 41 heavy (non-hydrogen) atoms. The molecule has 2 amide bonds. The average Bonchev–Trinajstić information content (AvgIpc) is 2.95. The number of amides is 2. The maximum atomic E-state index is 14.0. The molecule has 0 heterocycles. The SMILES string of the molecule is CCCCNC(=O)[C@H](C)N(Cc1ccc(Br)cc1)C(=O)CN(c1cc(Cl)ccc1OC)S(=O)(=O)c1ccc(C)cc1. The number of hydrogen-bond donors (Lipinski definition) is 1. The lowest BCUT2D eigenvalue weighted by atomic mass is 10.1. The summed E-state index contributed by atoms with van der Waals surface area (Å²) >= 11 is 9.69. The Bertz CT molecular complexity index is 1450. The van der Waals surface area contributed by atoms with Gasteiger partial charge in [-0.1, -0.05) is 70.7 Å². The second kappa shape index (κ2) is 14.7. The van der Waals surface area contributed by atoms with E-state index in [2.05, 4.69) is 21.2 Å². The molecule has 0 fully saturated rings. The number of nitrogens with one attached hydrogen (secondary N) is 1. The summed E-state index contributed by atoms with van der Waals surface area (Å²) in [6.07, 6.45) is 1.71. The number of benzene rings is 3. The molecule has 3 aromatic rings. The molecule has 220 valence electrons. The van der Waals surface area contributed by atoms with E-state index in [1.807, 2.05) is 38.1 Å². The second-order valence-electron chi connectivity index (χ2n) is 9.61. The lowest BCUT2D eigenvalue weighted by Crippen LogP contribution is -2.51. The van der Waals surface area contributed by atoms with Gasteiger partial charge in [0.1, 0.15) is 18.3 Å². The van der Waals surface area contributed by atoms with E-state index in [4.69, 9.17) is 16.3 Å². The Kier molecular flexibility index (Phi) is 11.6. The Labute approximate surface area is 255 Å². The molecule has 8 nitrogen and oxygen atoms in total. The topological polar surface area (TPSA) is 96.0 Å². The number of ether oxygens (including phenoxy) is 1. The Morgan fingerprint density at radius 2 is 1.71 bits per heavy atom. The van der Waals surface area contributed by atoms with Crippen molar-refractivity contribution in [3.05, 3.63) is 87.4 Å². The molecule has 0 saturated heterocycles. The standard InChI is InChI=1S/C30H35BrClN3O5S/c1-5-6-17-33-30(37)22(3)34(19-23-9-11-24(31)12-10-23)29(36)20-35(27-18-25(32)13-16-28(27)40-4)41(38,39)26-14-7-21(2)8-15-26/h7-16,18,22H,5-6,17,19-20H2,1-4H3,(H,33,37)/t22-/m0/s1. The van der Waals surface area contributed by atoms with Crippen molar-refractivity contribution in [2.75, 3.05) is 24.5 Å². The van der Waals surface area contributed by atoms with Crippen LogP contribution >= 0.6 is 27.5 Å². The molecule has 0 radical (unpaired) electrons. The van der Waals surface area contributed by atoms with Crippen LogP contribution in [-0.2, 0) is 26.2 Å². The Hall–Kier alpha value is -3.08. The van der Waals surface area contributed by atoms with E-state index < -0.39 is 28.5 Å². The summed E-state index contributed by atoms with van der Waals surface area (Å²) in [4.78, 5) is 28.5. The lowest BCUT2D eigenvalue weighted by molar-refractivity contribution is -0.139. The average molecular weight is 665 g/mol. The number of nitrogens with zero attached hydrogens (tertiary/aromatic N) is 2. The van der Waals surface area contributed by atoms with Crippen molar-refractivity contribution in [2.24, 2.45) is 0 Å². The third kappa shape index (κ3) is 8.47. The van der Waals surface area contributed by atoms with Gasteiger partial charge in [-0.3, -0.25) is 13.9 Å². The number of hydrogen-bond acceptors (Lipinski definition) is 5. The Morgan fingerprint density at radius 1 is 1.05 bits per heavy atom. The highest BCUT2D eigenvalue weighted by molar-refractivity contribution is 9.10. The van der Waals surface area contributed by atoms with E-state index in [0.29, 0.717) is 6.54 Å². The van der Waals surface area contributed by atoms with Gasteiger partial charge in [-0.25, -0.2) is 8.42 Å². The third-order valence-electron chi connectivity index (χ3n) is 6.56. The zero-order valence-electron chi connectivity index (χ0n) is 23.6. The Balaban J connectivity index is 2.06. The fourth-order valence-electron chi connectivity index (χ4n) is 4.11. The van der Waals surface area contributed by atoms with Crippen LogP contribution in [0, 0.1) is 6.92 Å². The summed E-state index contributed by atoms with van der Waals surface area (Å²) < 4.78 is 35.4. The van der Waals surface area contributed by atoms with E-state index in [-0.39, 0.29) is 33.8 Å². The fourth-order valence-corrected chi connectivity index (χ4v) is 5.96. The molecule has 0 spiro atoms. The van der Waals surface area contributed by atoms with Crippen molar-refractivity contribution in [1.82, 2.24) is 10.2 Å². The molecule has 0 aliphatic rings. The fraction of sp³-hybridized carbons (Fsp3) is 0.333. The molecular weight excluding hydrogens is 630 g/mol. The van der Waals surface area contributed by atoms with Crippen LogP contribution < -0.4 is 14.4 Å². The molecule has 0 unspecified atom stereocenters. The van der Waals surface area contributed by atoms with Crippen LogP contribution in [0.2, 0.25) is 5.02 Å². The first-order valence-corrected chi connectivity index (χ1v) is 15.8. The number of anilines is 1. The van der Waals surface area contributed by atoms with Crippen LogP contribution in [0.1, 0.15) is 37.8 Å². The zero-order valence-corrected chi connectivity index (χ0v) is 26.7. The summed E-state index contributed by atoms with van der Waals surface area (Å²) in [5, 5.41) is 3.15. The van der Waals surface area contributed by atoms with Crippen molar-refractivity contribution in [3.8, 4) is 5.75 Å². The van der Waals surface area contributed by atoms with Gasteiger partial charge in [0.15, 0.2) is 0 Å². The summed E-state index contributed by atoms with van der Waals surface area (Å²) in [7, 11) is -2.84. The second-order valence-corrected chi connectivity index (χ2v) is 12.8. The monoisotopic (exact) mass is 663 g/mol. The predicted molar refractivity (Wildman–Crippen MR) is 166 cm³/mol. The quantitative estimate of drug-likeness (QED) is 0.228. The van der Waals surface area contributed by atoms with Gasteiger partial charge in [-0.05, 0) is 68.3 Å². The molecule has 0 saturated carbocycles. The van der Waals surface area contributed by atoms with Crippen LogP contribution in [-0.4, -0.2) is 51.4 Å². The first-order chi connectivity index (χ1) is 19.5. The molecule has 0 aliphatic heterocycles. The first kappa shape index (κ1) is 32.4. The van der Waals surface area contributed by atoms with Gasteiger partial charge in [0.25, 0.3) is 10.0 Å². The number of unbranched alkanes of at least 4 members (excludes halogenated alkanes) is 1. The predicted octanol–water partition coefficient (Wildman–Crippen LogP) is 5.95. The highest BCUT2D eigenvalue weighted by Crippen LogP contribution is 2.35. The number of rotatable bonds is 13. The largest absolute Gasteiger partial charge is 0.495 e. The van der Waals surface area contributed by atoms with E-state index >= 15 is 0 Å². The highest BCUT2D eigenvalue weighted by atomic mass is 79.9. The van der Waals surface area contributed by atoms with Crippen LogP contribution in [0.15, 0.2) is 76.1 Å². The molecule has 1 atom stereocenters. The van der Waals surface area contributed by atoms with Crippen LogP contribution in [0.5, 0.6) is 5.75 Å². The van der Waals surface area contributed by atoms with Gasteiger partial charge in [0, 0.05) is 22.6 Å². The van der Waals surface area contributed by atoms with Crippen molar-refractivity contribution in [2.45, 2.75) is 51.1 Å². The third-order valence-corrected chi connectivity index (χ3v) is 9.10. The van der Waals surface area contributed by atoms with Crippen LogP contribution in [0.3, 0.4) is 0 Å². The minimum Gasteiger partial charge on any atom is -0.495 e. The smallest absolute Gasteiger partial charge is 0.264 e. The van der Waals surface area contributed by atoms with Gasteiger partial charge < -0.3 is 15.0 Å². The minimum atomic E-state index is -4.25. The maximum absolute atomic E-state index is 14.0. The Morgan fingerprint density at radius 3 is 2.32 bits per heavy atom. The molecule has 3 rings (SSSR count). The van der Waals surface area contributed by atoms with Crippen molar-refractivity contribution >= 4 is 55.1 Å². The summed E-state index contributed by atoms with van der Waals surface area (Å²) in [6, 6.07) is 17.4. The molecule has 1 N–H and O–H groups in total. The molecule has 11 heteroatoms. The summed E-state index contributed by atoms with van der Waals surface area (Å²) in [6.45, 7) is 5.50. The van der Waals surface area contributed by atoms with Gasteiger partial charge in [0.2, 0.25) is 11.8 Å². The molecule has 0 aromatic heterocycles. The van der Waals surface area contributed by atoms with Gasteiger partial charge in [-0.15, -0.1) is 0 Å². The number of methoxy groups -OCH3 is 1. The van der Waals surface area contributed by atoms with E-state index in [9.17, 15) is 18.0 Å². The van der Waals surface area contributed by atoms with E-state index in [1.165, 1.54) is 30.2 Å². The molecule has 0 aliphatic carbocycles. The van der Waals surface area contributed by atoms with Gasteiger partial charge in [-0.2, -0.15) is 0 Å². The normalized spacial score (nSPS) is 12.0. The van der Waals surface area contributed by atoms with Crippen molar-refractivity contribution < 1.29 is 22.7 Å². The molecule has 3 aromatic carbocycles. The molecular formula is C30H35BrClN3O5S. The number of carbonyl (C=O) groups excluding carboxylic acids is 2. The van der Waals surface area contributed by atoms with Crippen LogP contribution in [0.25, 0.3) is 0 Å². The number of sulfonamides is 1. The first-order valence-electron chi connectivity index (χ1n) is 13.2. The maximum Gasteiger partial charge on any atom is 0.264 e. The minimum absolute atomic E-state index is 0.00254. The number of aryl methyl sites for hydroxylation is 1. The van der Waals surface area contributed by atoms with E-state index in [1.54, 1.807) is 31.2 Å². The van der Waals surface area contributed by atoms with Gasteiger partial charge in [0.05, 0.1) is 17.7 Å². The van der Waals surface area contributed by atoms with Gasteiger partial charge >= 0.3 is 0 Å². The number of halogens is 2. The summed E-state index contributed by atoms with van der Waals surface area (Å²) in [5.41, 5.74) is 1.77. The van der Waals surface area contributed by atoms with Crippen molar-refractivity contribution in [1.29, 1.82) is 0 Å². The van der Waals surface area contributed by atoms with Crippen molar-refractivity contribution in [3.63, 3.8) is 0 Å². The van der Waals surface area contributed by atoms with Crippen LogP contribution in [0.4, 0.5) is 5.69 Å². The number of carbonyl (C=O) groups is 2. The summed E-state index contributed by atoms with van der Waals surface area (Å²) in [5.74, 6) is -0.663. The lowest BCUT2D eigenvalue weighted by Gasteiger charge is -2.32.